The number of unbranched alkanes of at least 4 members (excludes halogenated alkanes) is 17. The zero-order valence-electron chi connectivity index (χ0n) is 31.2. The van der Waals surface area contributed by atoms with Crippen LogP contribution in [0, 0.1) is 0 Å². The molecule has 0 bridgehead atoms. The number of nitrogens with zero attached hydrogens (tertiary/aromatic N) is 2. The van der Waals surface area contributed by atoms with Crippen molar-refractivity contribution in [3.63, 3.8) is 0 Å². The SMILES string of the molecule is CCCCCCCCCCCCCCCCCc1ccc(C2=CC(CCCCC)=C(c3cccc(CCCC)c3)[N+]2=[N-])cc1.[CH3][Ni][CH3]. The number of hydrogen-bond acceptors (Lipinski definition) is 0. The molecule has 2 nitrogen and oxygen atoms in total. The fourth-order valence-corrected chi connectivity index (χ4v) is 6.62. The molecule has 0 radical (unpaired) electrons. The summed E-state index contributed by atoms with van der Waals surface area (Å²) < 4.78 is 1.46. The summed E-state index contributed by atoms with van der Waals surface area (Å²) in [5, 5.41) is 0. The Bertz CT molecular complexity index is 1160. The van der Waals surface area contributed by atoms with Crippen molar-refractivity contribution in [2.75, 3.05) is 0 Å². The minimum atomic E-state index is 0.906. The van der Waals surface area contributed by atoms with Crippen molar-refractivity contribution in [2.24, 2.45) is 0 Å². The quantitative estimate of drug-likeness (QED) is 0.0565. The van der Waals surface area contributed by atoms with Gasteiger partial charge < -0.3 is 5.53 Å². The van der Waals surface area contributed by atoms with E-state index < -0.39 is 0 Å². The van der Waals surface area contributed by atoms with Crippen molar-refractivity contribution in [1.29, 1.82) is 0 Å². The second-order valence-electron chi connectivity index (χ2n) is 13.7. The van der Waals surface area contributed by atoms with Crippen molar-refractivity contribution in [1.82, 2.24) is 0 Å². The summed E-state index contributed by atoms with van der Waals surface area (Å²) in [6, 6.07) is 17.8. The van der Waals surface area contributed by atoms with Gasteiger partial charge in [0.25, 0.3) is 0 Å². The van der Waals surface area contributed by atoms with Gasteiger partial charge in [0.1, 0.15) is 0 Å². The molecule has 0 N–H and O–H groups in total. The van der Waals surface area contributed by atoms with Crippen molar-refractivity contribution in [2.45, 2.75) is 180 Å². The first-order chi connectivity index (χ1) is 23.1. The maximum absolute atomic E-state index is 11.5. The standard InChI is InChI=1S/C42H64N2.2CH3.Ni/c1-4-7-10-11-12-13-14-15-16-17-18-19-20-21-23-26-36-30-32-38(33-31-36)41-35-40(28-22-8-5-2)42(44(41)43)39-29-24-27-37(34-39)25-9-6-3;;;/h24,27,29-35H,4-23,25-26,28H2,1-3H3;2*1H3;. The fourth-order valence-electron chi connectivity index (χ4n) is 6.62. The Morgan fingerprint density at radius 3 is 1.53 bits per heavy atom. The Balaban J connectivity index is 0.00000246. The molecule has 0 spiro atoms. The van der Waals surface area contributed by atoms with E-state index in [0.717, 1.165) is 48.2 Å². The van der Waals surface area contributed by atoms with E-state index in [9.17, 15) is 5.53 Å². The van der Waals surface area contributed by atoms with Gasteiger partial charge in [-0.3, -0.25) is 0 Å². The second-order valence-corrected chi connectivity index (χ2v) is 14.7. The van der Waals surface area contributed by atoms with E-state index in [0.29, 0.717) is 0 Å². The Hall–Kier alpha value is -1.99. The molecule has 0 aromatic heterocycles. The number of hydrogen-bond donors (Lipinski definition) is 0. The summed E-state index contributed by atoms with van der Waals surface area (Å²) in [5.74, 6) is 4.12. The normalized spacial score (nSPS) is 12.9. The first kappa shape index (κ1) is 41.2. The van der Waals surface area contributed by atoms with Crippen molar-refractivity contribution < 1.29 is 19.1 Å². The van der Waals surface area contributed by atoms with Crippen LogP contribution in [0.1, 0.15) is 178 Å². The van der Waals surface area contributed by atoms with E-state index >= 15 is 0 Å². The van der Waals surface area contributed by atoms with E-state index in [1.165, 1.54) is 143 Å². The van der Waals surface area contributed by atoms with Crippen LogP contribution in [-0.2, 0) is 27.3 Å². The first-order valence-corrected chi connectivity index (χ1v) is 21.4. The van der Waals surface area contributed by atoms with Gasteiger partial charge in [0.15, 0.2) is 0 Å². The molecule has 0 atom stereocenters. The summed E-state index contributed by atoms with van der Waals surface area (Å²) >= 11 is 1.62. The van der Waals surface area contributed by atoms with E-state index in [1.54, 1.807) is 14.4 Å². The molecule has 266 valence electrons. The molecule has 0 aliphatic carbocycles. The minimum absolute atomic E-state index is 0.906. The van der Waals surface area contributed by atoms with Gasteiger partial charge in [-0.2, -0.15) is 0 Å². The predicted molar refractivity (Wildman–Crippen MR) is 205 cm³/mol. The molecule has 0 saturated heterocycles. The van der Waals surface area contributed by atoms with Crippen LogP contribution in [0.4, 0.5) is 0 Å². The molecule has 0 amide bonds. The molecular formula is C44H70N2Ni. The van der Waals surface area contributed by atoms with Gasteiger partial charge >= 0.3 is 26.2 Å². The third-order valence-electron chi connectivity index (χ3n) is 9.44. The zero-order chi connectivity index (χ0) is 34.0. The van der Waals surface area contributed by atoms with Gasteiger partial charge in [0, 0.05) is 22.8 Å². The van der Waals surface area contributed by atoms with Gasteiger partial charge in [-0.15, -0.1) is 0 Å². The van der Waals surface area contributed by atoms with Crippen LogP contribution < -0.4 is 0 Å². The molecule has 1 aliphatic rings. The van der Waals surface area contributed by atoms with E-state index in [2.05, 4.69) is 87.2 Å². The maximum atomic E-state index is 11.5. The number of allylic oxidation sites excluding steroid dienone is 2. The summed E-state index contributed by atoms with van der Waals surface area (Å²) in [6.07, 6.45) is 32.5. The van der Waals surface area contributed by atoms with Crippen LogP contribution in [0.15, 0.2) is 60.2 Å². The van der Waals surface area contributed by atoms with Crippen LogP contribution >= 0.6 is 0 Å². The zero-order valence-corrected chi connectivity index (χ0v) is 32.2. The molecule has 0 saturated carbocycles. The molecule has 2 aromatic carbocycles. The Morgan fingerprint density at radius 1 is 0.511 bits per heavy atom. The summed E-state index contributed by atoms with van der Waals surface area (Å²) in [5.41, 5.74) is 19.6. The summed E-state index contributed by atoms with van der Waals surface area (Å²) in [6.45, 7) is 6.79. The van der Waals surface area contributed by atoms with Crippen molar-refractivity contribution in [3.05, 3.63) is 88.0 Å². The van der Waals surface area contributed by atoms with Crippen LogP contribution in [-0.4, -0.2) is 4.70 Å². The monoisotopic (exact) mass is 684 g/mol. The topological polar surface area (TPSA) is 25.3 Å². The average molecular weight is 686 g/mol. The van der Waals surface area contributed by atoms with Crippen LogP contribution in [0.2, 0.25) is 11.8 Å². The molecule has 0 fully saturated rings. The van der Waals surface area contributed by atoms with Gasteiger partial charge in [0.05, 0.1) is 0 Å². The molecule has 3 heteroatoms. The molecule has 1 heterocycles. The van der Waals surface area contributed by atoms with Crippen LogP contribution in [0.3, 0.4) is 0 Å². The van der Waals surface area contributed by atoms with E-state index in [4.69, 9.17) is 0 Å². The first-order valence-electron chi connectivity index (χ1n) is 19.4. The molecule has 47 heavy (non-hydrogen) atoms. The molecule has 1 aliphatic heterocycles. The van der Waals surface area contributed by atoms with Crippen molar-refractivity contribution in [3.8, 4) is 0 Å². The van der Waals surface area contributed by atoms with Crippen LogP contribution in [0.5, 0.6) is 0 Å². The average Bonchev–Trinajstić information content (AvgIpc) is 3.41. The third kappa shape index (κ3) is 16.8. The molecule has 3 rings (SSSR count). The Morgan fingerprint density at radius 2 is 0.979 bits per heavy atom. The molecule has 2 aromatic rings. The third-order valence-corrected chi connectivity index (χ3v) is 9.44. The predicted octanol–water partition coefficient (Wildman–Crippen LogP) is 15.0. The number of rotatable bonds is 25. The Kier molecular flexibility index (Phi) is 23.6. The van der Waals surface area contributed by atoms with Crippen LogP contribution in [0.25, 0.3) is 16.9 Å². The second kappa shape index (κ2) is 26.9. The van der Waals surface area contributed by atoms with Gasteiger partial charge in [-0.1, -0.05) is 154 Å². The summed E-state index contributed by atoms with van der Waals surface area (Å²) in [4.78, 5) is 0. The van der Waals surface area contributed by atoms with E-state index in [1.807, 2.05) is 0 Å². The number of benzene rings is 2. The van der Waals surface area contributed by atoms with Gasteiger partial charge in [-0.05, 0) is 73.9 Å². The fraction of sp³-hybridized carbons (Fsp3) is 0.636. The number of aryl methyl sites for hydroxylation is 2. The molecule has 0 unspecified atom stereocenters. The van der Waals surface area contributed by atoms with Gasteiger partial charge in [-0.25, -0.2) is 4.70 Å². The van der Waals surface area contributed by atoms with Crippen molar-refractivity contribution >= 4 is 11.4 Å². The van der Waals surface area contributed by atoms with E-state index in [-0.39, 0.29) is 0 Å². The molecular weight excluding hydrogens is 615 g/mol. The Labute approximate surface area is 297 Å². The van der Waals surface area contributed by atoms with Gasteiger partial charge in [0.2, 0.25) is 11.4 Å². The summed E-state index contributed by atoms with van der Waals surface area (Å²) in [7, 11) is 0.